The molecule has 0 aliphatic rings. The number of nitrogen functional groups attached to an aromatic ring is 1. The van der Waals surface area contributed by atoms with Crippen LogP contribution in [0.4, 0.5) is 10.2 Å². The van der Waals surface area contributed by atoms with Crippen LogP contribution in [0.25, 0.3) is 0 Å². The van der Waals surface area contributed by atoms with Crippen molar-refractivity contribution in [3.8, 4) is 0 Å². The molecule has 0 unspecified atom stereocenters. The third-order valence-corrected chi connectivity index (χ3v) is 3.43. The van der Waals surface area contributed by atoms with E-state index in [1.54, 1.807) is 0 Å². The van der Waals surface area contributed by atoms with Crippen molar-refractivity contribution in [1.29, 1.82) is 0 Å². The van der Waals surface area contributed by atoms with Gasteiger partial charge in [-0.2, -0.15) is 0 Å². The highest BCUT2D eigenvalue weighted by molar-refractivity contribution is 7.99. The summed E-state index contributed by atoms with van der Waals surface area (Å²) in [6.45, 7) is 1.95. The summed E-state index contributed by atoms with van der Waals surface area (Å²) in [4.78, 5) is 15.4. The number of aryl methyl sites for hydroxylation is 1. The predicted octanol–water partition coefficient (Wildman–Crippen LogP) is 2.96. The first-order valence-corrected chi connectivity index (χ1v) is 6.23. The number of nitrogens with two attached hydrogens (primary N) is 1. The molecule has 4 nitrogen and oxygen atoms in total. The maximum absolute atomic E-state index is 13.8. The van der Waals surface area contributed by atoms with Gasteiger partial charge in [0.05, 0.1) is 0 Å². The van der Waals surface area contributed by atoms with Crippen LogP contribution in [-0.4, -0.2) is 16.1 Å². The maximum Gasteiger partial charge on any atom is 0.339 e. The van der Waals surface area contributed by atoms with Crippen LogP contribution >= 0.6 is 11.8 Å². The van der Waals surface area contributed by atoms with Crippen molar-refractivity contribution in [3.05, 3.63) is 47.3 Å². The topological polar surface area (TPSA) is 76.2 Å². The number of hydrogen-bond donors (Lipinski definition) is 2. The highest BCUT2D eigenvalue weighted by Crippen LogP contribution is 2.30. The summed E-state index contributed by atoms with van der Waals surface area (Å²) in [5.74, 6) is -2.18. The third-order valence-electron chi connectivity index (χ3n) is 2.44. The minimum atomic E-state index is -1.30. The van der Waals surface area contributed by atoms with Crippen LogP contribution in [0.2, 0.25) is 0 Å². The van der Waals surface area contributed by atoms with Crippen molar-refractivity contribution in [2.45, 2.75) is 16.8 Å². The number of anilines is 1. The number of hydrogen-bond acceptors (Lipinski definition) is 4. The second-order valence-corrected chi connectivity index (χ2v) is 4.99. The van der Waals surface area contributed by atoms with E-state index < -0.39 is 11.8 Å². The predicted molar refractivity (Wildman–Crippen MR) is 70.9 cm³/mol. The minimum Gasteiger partial charge on any atom is -0.478 e. The number of carboxylic acids is 1. The van der Waals surface area contributed by atoms with E-state index in [9.17, 15) is 9.18 Å². The quantitative estimate of drug-likeness (QED) is 0.902. The van der Waals surface area contributed by atoms with Crippen molar-refractivity contribution in [1.82, 2.24) is 4.98 Å². The fourth-order valence-electron chi connectivity index (χ4n) is 1.45. The van der Waals surface area contributed by atoms with E-state index in [1.807, 2.05) is 31.2 Å². The molecule has 98 valence electrons. The summed E-state index contributed by atoms with van der Waals surface area (Å²) in [5.41, 5.74) is 6.26. The Balaban J connectivity index is 2.33. The van der Waals surface area contributed by atoms with E-state index in [4.69, 9.17) is 10.8 Å². The molecule has 0 saturated carbocycles. The minimum absolute atomic E-state index is 0.0614. The van der Waals surface area contributed by atoms with Gasteiger partial charge in [0.2, 0.25) is 0 Å². The Kier molecular flexibility index (Phi) is 3.71. The summed E-state index contributed by atoms with van der Waals surface area (Å²) < 4.78 is 13.8. The fourth-order valence-corrected chi connectivity index (χ4v) is 2.24. The molecule has 2 aromatic rings. The number of carbonyl (C=O) groups is 1. The largest absolute Gasteiger partial charge is 0.478 e. The van der Waals surface area contributed by atoms with Crippen LogP contribution in [0.1, 0.15) is 15.9 Å². The molecule has 0 saturated heterocycles. The normalized spacial score (nSPS) is 10.4. The van der Waals surface area contributed by atoms with Gasteiger partial charge in [-0.25, -0.2) is 14.2 Å². The van der Waals surface area contributed by atoms with E-state index in [2.05, 4.69) is 4.98 Å². The number of halogens is 1. The molecule has 0 fully saturated rings. The van der Waals surface area contributed by atoms with Gasteiger partial charge in [0.15, 0.2) is 5.82 Å². The SMILES string of the molecule is Cc1ccc(Sc2nc(N)c(C(=O)O)cc2F)cc1. The van der Waals surface area contributed by atoms with Crippen molar-refractivity contribution < 1.29 is 14.3 Å². The van der Waals surface area contributed by atoms with Crippen molar-refractivity contribution in [2.75, 3.05) is 5.73 Å². The maximum atomic E-state index is 13.8. The summed E-state index contributed by atoms with van der Waals surface area (Å²) in [6.07, 6.45) is 0. The van der Waals surface area contributed by atoms with E-state index in [-0.39, 0.29) is 16.4 Å². The molecule has 19 heavy (non-hydrogen) atoms. The molecule has 0 bridgehead atoms. The molecule has 0 aliphatic carbocycles. The summed E-state index contributed by atoms with van der Waals surface area (Å²) in [6, 6.07) is 8.36. The molecular formula is C13H11FN2O2S. The second kappa shape index (κ2) is 5.27. The van der Waals surface area contributed by atoms with Crippen LogP contribution in [0.3, 0.4) is 0 Å². The van der Waals surface area contributed by atoms with Crippen LogP contribution in [-0.2, 0) is 0 Å². The number of carboxylic acid groups (broad SMARTS) is 1. The second-order valence-electron chi connectivity index (χ2n) is 3.93. The molecule has 0 radical (unpaired) electrons. The van der Waals surface area contributed by atoms with Crippen LogP contribution in [0, 0.1) is 12.7 Å². The molecule has 0 amide bonds. The number of benzene rings is 1. The van der Waals surface area contributed by atoms with Gasteiger partial charge >= 0.3 is 5.97 Å². The molecule has 0 atom stereocenters. The Morgan fingerprint density at radius 1 is 1.37 bits per heavy atom. The van der Waals surface area contributed by atoms with Gasteiger partial charge in [0.25, 0.3) is 0 Å². The smallest absolute Gasteiger partial charge is 0.339 e. The van der Waals surface area contributed by atoms with Gasteiger partial charge < -0.3 is 10.8 Å². The van der Waals surface area contributed by atoms with E-state index in [0.717, 1.165) is 28.3 Å². The van der Waals surface area contributed by atoms with Gasteiger partial charge in [0.1, 0.15) is 16.4 Å². The third kappa shape index (κ3) is 3.03. The first-order chi connectivity index (χ1) is 8.97. The van der Waals surface area contributed by atoms with Crippen molar-refractivity contribution >= 4 is 23.5 Å². The van der Waals surface area contributed by atoms with Gasteiger partial charge in [-0.3, -0.25) is 0 Å². The lowest BCUT2D eigenvalue weighted by atomic mass is 10.2. The lowest BCUT2D eigenvalue weighted by Gasteiger charge is -2.06. The Hall–Kier alpha value is -2.08. The Bertz CT molecular complexity index is 629. The highest BCUT2D eigenvalue weighted by atomic mass is 32.2. The summed E-state index contributed by atoms with van der Waals surface area (Å²) in [5, 5.41) is 8.87. The zero-order valence-electron chi connectivity index (χ0n) is 10.1. The monoisotopic (exact) mass is 278 g/mol. The number of pyridine rings is 1. The lowest BCUT2D eigenvalue weighted by Crippen LogP contribution is -2.06. The van der Waals surface area contributed by atoms with E-state index >= 15 is 0 Å². The number of aromatic nitrogens is 1. The molecule has 6 heteroatoms. The zero-order valence-corrected chi connectivity index (χ0v) is 10.9. The Morgan fingerprint density at radius 2 is 2.00 bits per heavy atom. The van der Waals surface area contributed by atoms with Gasteiger partial charge in [-0.15, -0.1) is 0 Å². The van der Waals surface area contributed by atoms with Crippen LogP contribution in [0.15, 0.2) is 40.3 Å². The Labute approximate surface area is 113 Å². The molecule has 1 aromatic carbocycles. The molecule has 1 aromatic heterocycles. The molecule has 3 N–H and O–H groups in total. The molecular weight excluding hydrogens is 267 g/mol. The first-order valence-electron chi connectivity index (χ1n) is 5.41. The molecule has 0 aliphatic heterocycles. The fraction of sp³-hybridized carbons (Fsp3) is 0.0769. The number of nitrogens with zero attached hydrogens (tertiary/aromatic N) is 1. The first kappa shape index (κ1) is 13.4. The van der Waals surface area contributed by atoms with E-state index in [1.165, 1.54) is 0 Å². The number of rotatable bonds is 3. The number of aromatic carboxylic acids is 1. The lowest BCUT2D eigenvalue weighted by molar-refractivity contribution is 0.0697. The van der Waals surface area contributed by atoms with E-state index in [0.29, 0.717) is 0 Å². The zero-order chi connectivity index (χ0) is 14.0. The van der Waals surface area contributed by atoms with Crippen molar-refractivity contribution in [3.63, 3.8) is 0 Å². The van der Waals surface area contributed by atoms with Gasteiger partial charge in [-0.1, -0.05) is 29.5 Å². The van der Waals surface area contributed by atoms with Crippen molar-refractivity contribution in [2.24, 2.45) is 0 Å². The summed E-state index contributed by atoms with van der Waals surface area (Å²) >= 11 is 1.10. The van der Waals surface area contributed by atoms with Crippen LogP contribution < -0.4 is 5.73 Å². The van der Waals surface area contributed by atoms with Crippen LogP contribution in [0.5, 0.6) is 0 Å². The van der Waals surface area contributed by atoms with Gasteiger partial charge in [0, 0.05) is 4.90 Å². The highest BCUT2D eigenvalue weighted by Gasteiger charge is 2.15. The van der Waals surface area contributed by atoms with Gasteiger partial charge in [-0.05, 0) is 25.1 Å². The molecule has 0 spiro atoms. The molecule has 1 heterocycles. The average Bonchev–Trinajstić information content (AvgIpc) is 2.35. The standard InChI is InChI=1S/C13H11FN2O2S/c1-7-2-4-8(5-3-7)19-12-10(14)6-9(13(17)18)11(15)16-12/h2-6H,1H3,(H2,15,16)(H,17,18). The molecule has 2 rings (SSSR count). The average molecular weight is 278 g/mol. The summed E-state index contributed by atoms with van der Waals surface area (Å²) in [7, 11) is 0. The Morgan fingerprint density at radius 3 is 2.58 bits per heavy atom.